The predicted molar refractivity (Wildman–Crippen MR) is 323 cm³/mol. The van der Waals surface area contributed by atoms with Crippen molar-refractivity contribution < 1.29 is 73.1 Å². The second kappa shape index (κ2) is 31.5. The van der Waals surface area contributed by atoms with Gasteiger partial charge in [-0.15, -0.1) is 0 Å². The van der Waals surface area contributed by atoms with E-state index < -0.39 is 116 Å². The molecule has 0 bridgehead atoms. The van der Waals surface area contributed by atoms with Crippen LogP contribution in [0.5, 0.6) is 0 Å². The summed E-state index contributed by atoms with van der Waals surface area (Å²) in [7, 11) is 0. The molecule has 0 spiro atoms. The van der Waals surface area contributed by atoms with Crippen LogP contribution in [0.4, 0.5) is 52.7 Å². The fraction of sp³-hybridized carbons (Fsp3) is 0.250. The molecule has 24 nitrogen and oxygen atoms in total. The summed E-state index contributed by atoms with van der Waals surface area (Å²) < 4.78 is 172. The Morgan fingerprint density at radius 3 is 0.650 bits per heavy atom. The van der Waals surface area contributed by atoms with Gasteiger partial charge in [-0.05, 0) is 24.3 Å². The lowest BCUT2D eigenvalue weighted by Gasteiger charge is -2.34. The molecule has 0 saturated heterocycles. The molecule has 8 heterocycles. The maximum Gasteiger partial charge on any atom is 0.163 e. The molecule has 100 heavy (non-hydrogen) atoms. The highest BCUT2D eigenvalue weighted by Crippen LogP contribution is 2.44. The number of hydrogen-bond donors (Lipinski definition) is 4. The third-order valence-electron chi connectivity index (χ3n) is 16.4. The van der Waals surface area contributed by atoms with E-state index in [0.717, 1.165) is 98.6 Å². The second-order valence-electron chi connectivity index (χ2n) is 22.5. The molecular formula is C64H56F12N20O4. The van der Waals surface area contributed by atoms with Crippen molar-refractivity contribution in [2.75, 3.05) is 0 Å². The van der Waals surface area contributed by atoms with Crippen molar-refractivity contribution in [1.82, 2.24) is 98.9 Å². The molecule has 4 N–H and O–H groups in total. The fourth-order valence-corrected chi connectivity index (χ4v) is 10.9. The summed E-state index contributed by atoms with van der Waals surface area (Å²) >= 11 is 0. The minimum Gasteiger partial charge on any atom is -0.382 e. The van der Waals surface area contributed by atoms with Gasteiger partial charge >= 0.3 is 0 Å². The van der Waals surface area contributed by atoms with Gasteiger partial charge in [-0.2, -0.15) is 20.4 Å². The van der Waals surface area contributed by atoms with Gasteiger partial charge in [-0.3, -0.25) is 0 Å². The number of aliphatic hydroxyl groups is 4. The molecule has 0 amide bonds. The number of hydrogen-bond acceptors (Lipinski definition) is 20. The topological polar surface area (TPSA) is 307 Å². The molecule has 0 radical (unpaired) electrons. The van der Waals surface area contributed by atoms with E-state index in [4.69, 9.17) is 0 Å². The van der Waals surface area contributed by atoms with Crippen LogP contribution in [-0.4, -0.2) is 119 Å². The largest absolute Gasteiger partial charge is 0.382 e. The summed E-state index contributed by atoms with van der Waals surface area (Å²) in [5.41, 5.74) is -9.01. The second-order valence-corrected chi connectivity index (χ2v) is 22.5. The lowest BCUT2D eigenvalue weighted by Crippen LogP contribution is -2.39. The van der Waals surface area contributed by atoms with Crippen LogP contribution in [0.1, 0.15) is 96.4 Å². The van der Waals surface area contributed by atoms with Gasteiger partial charge in [-0.25, -0.2) is 131 Å². The number of aromatic nitrogens is 20. The highest BCUT2D eigenvalue weighted by Gasteiger charge is 2.46. The molecule has 36 heteroatoms. The van der Waals surface area contributed by atoms with Gasteiger partial charge in [0.2, 0.25) is 0 Å². The number of nitrogens with zero attached hydrogens (tertiary/aromatic N) is 20. The molecule has 8 atom stereocenters. The first-order chi connectivity index (χ1) is 47.7. The summed E-state index contributed by atoms with van der Waals surface area (Å²) in [6, 6.07) is 11.2. The van der Waals surface area contributed by atoms with Gasteiger partial charge in [-0.1, -0.05) is 52.0 Å². The molecule has 520 valence electrons. The number of rotatable bonds is 20. The molecule has 0 aliphatic carbocycles. The van der Waals surface area contributed by atoms with Crippen LogP contribution in [-0.2, 0) is 48.6 Å². The van der Waals surface area contributed by atoms with E-state index in [1.807, 2.05) is 0 Å². The van der Waals surface area contributed by atoms with E-state index >= 15 is 0 Å². The van der Waals surface area contributed by atoms with Crippen LogP contribution in [0, 0.1) is 69.8 Å². The molecule has 12 aromatic rings. The molecule has 0 aliphatic heterocycles. The average molecular weight is 1400 g/mol. The van der Waals surface area contributed by atoms with Gasteiger partial charge in [0.15, 0.2) is 23.3 Å². The standard InChI is InChI=1S/4C16H14F3N5O/c4*1-10(15-14(19)5-20-7-22-15)16(25,6-24-9-21-8-23-24)12-3-2-11(17)4-13(12)18/h4*2-5,7-10,25H,6H2,1H3/t4*10-,16+/m0000/s1. The summed E-state index contributed by atoms with van der Waals surface area (Å²) in [6.45, 7) is 5.02. The Morgan fingerprint density at radius 1 is 0.290 bits per heavy atom. The first-order valence-electron chi connectivity index (χ1n) is 29.5. The highest BCUT2D eigenvalue weighted by atomic mass is 19.2. The molecular weight excluding hydrogens is 1340 g/mol. The zero-order valence-electron chi connectivity index (χ0n) is 52.6. The van der Waals surface area contributed by atoms with Crippen molar-refractivity contribution in [3.05, 3.63) is 288 Å². The van der Waals surface area contributed by atoms with Crippen LogP contribution in [0.25, 0.3) is 0 Å². The Bertz CT molecular complexity index is 4080. The van der Waals surface area contributed by atoms with Crippen molar-refractivity contribution in [2.45, 2.75) is 99.9 Å². The normalized spacial score (nSPS) is 14.9. The zero-order chi connectivity index (χ0) is 72.1. The third-order valence-corrected chi connectivity index (χ3v) is 16.4. The SMILES string of the molecule is C[C@@H](c1ncncc1F)[C@](O)(Cn1cncn1)c1ccc(F)cc1F.C[C@@H](c1ncncc1F)[C@](O)(Cn1cncn1)c1ccc(F)cc1F.C[C@@H](c1ncncc1F)[C@](O)(Cn1cncn1)c1ccc(F)cc1F.C[C@@H](c1ncncc1F)[C@](O)(Cn1cncn1)c1ccc(F)cc1F. The maximum absolute atomic E-state index is 14.4. The molecule has 4 aromatic carbocycles. The predicted octanol–water partition coefficient (Wildman–Crippen LogP) is 8.71. The van der Waals surface area contributed by atoms with Crippen molar-refractivity contribution in [2.24, 2.45) is 0 Å². The molecule has 0 saturated carbocycles. The Morgan fingerprint density at radius 2 is 0.490 bits per heavy atom. The zero-order valence-corrected chi connectivity index (χ0v) is 52.6. The van der Waals surface area contributed by atoms with Crippen molar-refractivity contribution in [3.8, 4) is 0 Å². The highest BCUT2D eigenvalue weighted by molar-refractivity contribution is 5.34. The minimum atomic E-state index is -1.96. The van der Waals surface area contributed by atoms with Crippen LogP contribution < -0.4 is 0 Å². The Labute approximate surface area is 558 Å². The van der Waals surface area contributed by atoms with E-state index in [2.05, 4.69) is 80.2 Å². The van der Waals surface area contributed by atoms with Crippen LogP contribution in [0.3, 0.4) is 0 Å². The fourth-order valence-electron chi connectivity index (χ4n) is 10.9. The smallest absolute Gasteiger partial charge is 0.163 e. The summed E-state index contributed by atoms with van der Waals surface area (Å²) in [5, 5.41) is 60.8. The van der Waals surface area contributed by atoms with Gasteiger partial charge < -0.3 is 20.4 Å². The van der Waals surface area contributed by atoms with Crippen LogP contribution >= 0.6 is 0 Å². The van der Waals surface area contributed by atoms with E-state index in [1.54, 1.807) is 0 Å². The Kier molecular flexibility index (Phi) is 23.0. The van der Waals surface area contributed by atoms with Gasteiger partial charge in [0.25, 0.3) is 0 Å². The minimum absolute atomic E-state index is 0.0960. The average Bonchev–Trinajstić information content (AvgIpc) is 1.08. The molecule has 8 aromatic heterocycles. The van der Waals surface area contributed by atoms with Crippen LogP contribution in [0.2, 0.25) is 0 Å². The van der Waals surface area contributed by atoms with E-state index in [1.165, 1.54) is 97.0 Å². The lowest BCUT2D eigenvalue weighted by atomic mass is 9.79. The number of benzene rings is 4. The molecule has 0 fully saturated rings. The Balaban J connectivity index is 0.000000156. The summed E-state index contributed by atoms with van der Waals surface area (Å²) in [5.74, 6) is -13.9. The Hall–Kier alpha value is -11.2. The van der Waals surface area contributed by atoms with Crippen molar-refractivity contribution in [1.29, 1.82) is 0 Å². The lowest BCUT2D eigenvalue weighted by molar-refractivity contribution is -0.0137. The monoisotopic (exact) mass is 1400 g/mol. The third kappa shape index (κ3) is 16.5. The van der Waals surface area contributed by atoms with Crippen molar-refractivity contribution >= 4 is 0 Å². The van der Waals surface area contributed by atoms with Gasteiger partial charge in [0.05, 0.1) is 73.7 Å². The van der Waals surface area contributed by atoms with Gasteiger partial charge in [0.1, 0.15) is 145 Å². The van der Waals surface area contributed by atoms with Crippen molar-refractivity contribution in [3.63, 3.8) is 0 Å². The van der Waals surface area contributed by atoms with Crippen LogP contribution in [0.15, 0.2) is 174 Å². The van der Waals surface area contributed by atoms with E-state index in [-0.39, 0.29) is 71.2 Å². The number of halogens is 12. The van der Waals surface area contributed by atoms with E-state index in [0.29, 0.717) is 24.3 Å². The molecule has 12 rings (SSSR count). The van der Waals surface area contributed by atoms with Gasteiger partial charge in [0, 0.05) is 70.2 Å². The summed E-state index contributed by atoms with van der Waals surface area (Å²) in [4.78, 5) is 44.8. The summed E-state index contributed by atoms with van der Waals surface area (Å²) in [6.07, 6.45) is 18.6. The first kappa shape index (κ1) is 73.0. The van der Waals surface area contributed by atoms with E-state index in [9.17, 15) is 73.1 Å². The first-order valence-corrected chi connectivity index (χ1v) is 29.5. The quantitative estimate of drug-likeness (QED) is 0.0518. The maximum atomic E-state index is 14.4. The molecule has 0 unspecified atom stereocenters. The molecule has 0 aliphatic rings.